The van der Waals surface area contributed by atoms with Gasteiger partial charge in [-0.3, -0.25) is 0 Å². The number of hydrogen-bond donors (Lipinski definition) is 0. The molecule has 5 heteroatoms. The molecule has 0 saturated carbocycles. The van der Waals surface area contributed by atoms with E-state index in [4.69, 9.17) is 0 Å². The Bertz CT molecular complexity index is 161. The van der Waals surface area contributed by atoms with E-state index in [2.05, 4.69) is 39.3 Å². The molecule has 0 aromatic heterocycles. The van der Waals surface area contributed by atoms with Gasteiger partial charge in [0.05, 0.1) is 0 Å². The molecule has 11 heavy (non-hydrogen) atoms. The van der Waals surface area contributed by atoms with Crippen LogP contribution >= 0.6 is 0 Å². The van der Waals surface area contributed by atoms with Crippen LogP contribution < -0.4 is 0 Å². The average Bonchev–Trinajstić information content (AvgIpc) is 1.66. The van der Waals surface area contributed by atoms with Gasteiger partial charge in [-0.15, -0.1) is 0 Å². The molecule has 1 heterocycles. The van der Waals surface area contributed by atoms with E-state index in [9.17, 15) is 0 Å². The van der Waals surface area contributed by atoms with Gasteiger partial charge in [0.25, 0.3) is 0 Å². The molecule has 1 aliphatic heterocycles. The van der Waals surface area contributed by atoms with Crippen LogP contribution in [-0.2, 0) is 0 Å². The molecule has 1 saturated heterocycles. The van der Waals surface area contributed by atoms with Crippen molar-refractivity contribution in [1.29, 1.82) is 0 Å². The van der Waals surface area contributed by atoms with Crippen LogP contribution in [0, 0.1) is 0 Å². The van der Waals surface area contributed by atoms with E-state index in [1.54, 1.807) is 0 Å². The fourth-order valence-electron chi connectivity index (χ4n) is 1.50. The van der Waals surface area contributed by atoms with Gasteiger partial charge in [0, 0.05) is 0 Å². The van der Waals surface area contributed by atoms with E-state index in [0.717, 1.165) is 0 Å². The molecule has 0 radical (unpaired) electrons. The van der Waals surface area contributed by atoms with E-state index in [-0.39, 0.29) is 0 Å². The monoisotopic (exact) mass is 384 g/mol. The van der Waals surface area contributed by atoms with Crippen LogP contribution in [0.3, 0.4) is 0 Å². The molecule has 0 spiro atoms. The Labute approximate surface area is 87.0 Å². The molecule has 0 nitrogen and oxygen atoms in total. The Hall–Kier alpha value is 1.96. The Morgan fingerprint density at radius 3 is 1.45 bits per heavy atom. The van der Waals surface area contributed by atoms with Crippen LogP contribution in [0.1, 0.15) is 0 Å². The molecule has 0 atom stereocenters. The van der Waals surface area contributed by atoms with Crippen LogP contribution in [0.2, 0.25) is 39.3 Å². The number of rotatable bonds is 0. The SMILES string of the molecule is C[Si]1(C)[Se][Si](C)(C)[Si](C)(C)[Te]1. The molecule has 0 unspecified atom stereocenters. The quantitative estimate of drug-likeness (QED) is 0.560. The first-order chi connectivity index (χ1) is 4.66. The maximum atomic E-state index is 2.71. The molecule has 1 aliphatic rings. The maximum absolute atomic E-state index is 2.71. The van der Waals surface area contributed by atoms with Crippen molar-refractivity contribution in [3.8, 4) is 0 Å². The third-order valence-electron chi connectivity index (χ3n) is 2.45. The van der Waals surface area contributed by atoms with E-state index in [1.807, 2.05) is 0 Å². The standard InChI is InChI=1S/C6H18SeSi3Te/c1-8(2)7-9(3,4)11-10(8,5)6/h1-6H3. The molecule has 0 aliphatic carbocycles. The average molecular weight is 381 g/mol. The summed E-state index contributed by atoms with van der Waals surface area (Å²) in [5, 5.41) is -0.545. The molecular formula is C6H18SeSi3Te. The summed E-state index contributed by atoms with van der Waals surface area (Å²) in [7, 11) is 0. The van der Waals surface area contributed by atoms with Gasteiger partial charge in [-0.1, -0.05) is 0 Å². The predicted octanol–water partition coefficient (Wildman–Crippen LogP) is 1.60. The first-order valence-corrected chi connectivity index (χ1v) is 25.8. The van der Waals surface area contributed by atoms with Crippen LogP contribution in [0.25, 0.3) is 0 Å². The van der Waals surface area contributed by atoms with Crippen molar-refractivity contribution in [2.24, 2.45) is 0 Å². The van der Waals surface area contributed by atoms with Gasteiger partial charge in [-0.05, 0) is 0 Å². The topological polar surface area (TPSA) is 0 Å². The van der Waals surface area contributed by atoms with E-state index in [1.165, 1.54) is 13.7 Å². The first kappa shape index (κ1) is 11.0. The minimum absolute atomic E-state index is 0.495. The predicted molar refractivity (Wildman–Crippen MR) is 64.0 cm³/mol. The van der Waals surface area contributed by atoms with Gasteiger partial charge in [-0.2, -0.15) is 0 Å². The fourth-order valence-corrected chi connectivity index (χ4v) is 260. The minimum atomic E-state index is -0.582. The van der Waals surface area contributed by atoms with Crippen molar-refractivity contribution in [1.82, 2.24) is 0 Å². The van der Waals surface area contributed by atoms with Gasteiger partial charge < -0.3 is 0 Å². The van der Waals surface area contributed by atoms with E-state index < -0.39 is 15.6 Å². The van der Waals surface area contributed by atoms with Crippen LogP contribution in [-0.4, -0.2) is 48.6 Å². The van der Waals surface area contributed by atoms with Crippen LogP contribution in [0.15, 0.2) is 0 Å². The summed E-state index contributed by atoms with van der Waals surface area (Å²) in [6.45, 7) is 16.2. The first-order valence-electron chi connectivity index (χ1n) is 4.07. The molecule has 0 amide bonds. The molecule has 1 rings (SSSR count). The Morgan fingerprint density at radius 2 is 1.36 bits per heavy atom. The molecule has 0 aromatic rings. The van der Waals surface area contributed by atoms with Gasteiger partial charge in [-0.25, -0.2) is 0 Å². The van der Waals surface area contributed by atoms with Crippen molar-refractivity contribution in [3.05, 3.63) is 0 Å². The summed E-state index contributed by atoms with van der Waals surface area (Å²) >= 11 is 1.74. The number of hydrogen-bond acceptors (Lipinski definition) is 0. The normalized spacial score (nSPS) is 32.2. The fraction of sp³-hybridized carbons (Fsp3) is 1.00. The second kappa shape index (κ2) is 2.98. The molecule has 1 fully saturated rings. The Kier molecular flexibility index (Phi) is 2.99. The van der Waals surface area contributed by atoms with Crippen LogP contribution in [0.4, 0.5) is 0 Å². The third-order valence-corrected chi connectivity index (χ3v) is 130. The second-order valence-corrected chi connectivity index (χ2v) is 73.2. The molecule has 0 aromatic carbocycles. The van der Waals surface area contributed by atoms with Crippen molar-refractivity contribution < 1.29 is 0 Å². The van der Waals surface area contributed by atoms with Gasteiger partial charge in [0.15, 0.2) is 0 Å². The van der Waals surface area contributed by atoms with Gasteiger partial charge in [0.1, 0.15) is 0 Å². The third kappa shape index (κ3) is 2.25. The van der Waals surface area contributed by atoms with E-state index in [0.29, 0.717) is 19.3 Å². The van der Waals surface area contributed by atoms with Gasteiger partial charge in [0.2, 0.25) is 0 Å². The Balaban J connectivity index is 2.89. The van der Waals surface area contributed by atoms with E-state index >= 15 is 0 Å². The summed E-state index contributed by atoms with van der Waals surface area (Å²) in [6.07, 6.45) is -0.582. The Morgan fingerprint density at radius 1 is 0.909 bits per heavy atom. The summed E-state index contributed by atoms with van der Waals surface area (Å²) < 4.78 is -0.495. The summed E-state index contributed by atoms with van der Waals surface area (Å²) in [5.74, 6) is 0. The summed E-state index contributed by atoms with van der Waals surface area (Å²) in [5.41, 5.74) is 0. The second-order valence-electron chi connectivity index (χ2n) is 4.62. The zero-order valence-corrected chi connectivity index (χ0v) is 15.4. The van der Waals surface area contributed by atoms with Crippen molar-refractivity contribution in [3.63, 3.8) is 0 Å². The summed E-state index contributed by atoms with van der Waals surface area (Å²) in [6, 6.07) is 0. The zero-order chi connectivity index (χ0) is 8.91. The van der Waals surface area contributed by atoms with Crippen molar-refractivity contribution >= 4 is 48.6 Å². The van der Waals surface area contributed by atoms with Crippen molar-refractivity contribution in [2.75, 3.05) is 0 Å². The molecule has 0 N–H and O–H groups in total. The molecular weight excluding hydrogens is 363 g/mol. The molecule has 66 valence electrons. The van der Waals surface area contributed by atoms with Crippen molar-refractivity contribution in [2.45, 2.75) is 39.3 Å². The van der Waals surface area contributed by atoms with Crippen LogP contribution in [0.5, 0.6) is 0 Å². The summed E-state index contributed by atoms with van der Waals surface area (Å²) in [4.78, 5) is 0. The zero-order valence-electron chi connectivity index (χ0n) is 8.32. The molecule has 0 bridgehead atoms. The van der Waals surface area contributed by atoms with Gasteiger partial charge >= 0.3 is 87.9 Å².